The molecule has 1 aliphatic rings. The smallest absolute Gasteiger partial charge is 0.357 e. The van der Waals surface area contributed by atoms with E-state index in [4.69, 9.17) is 9.52 Å². The molecule has 1 aromatic rings. The van der Waals surface area contributed by atoms with Gasteiger partial charge in [-0.3, -0.25) is 4.90 Å². The number of piperidine rings is 1. The molecule has 0 radical (unpaired) electrons. The van der Waals surface area contributed by atoms with Gasteiger partial charge in [-0.05, 0) is 33.2 Å². The third-order valence-electron chi connectivity index (χ3n) is 3.52. The fourth-order valence-corrected chi connectivity index (χ4v) is 2.63. The highest BCUT2D eigenvalue weighted by atomic mass is 16.4. The summed E-state index contributed by atoms with van der Waals surface area (Å²) < 4.78 is 5.24. The quantitative estimate of drug-likeness (QED) is 0.889. The molecule has 0 aliphatic carbocycles. The van der Waals surface area contributed by atoms with Crippen molar-refractivity contribution in [2.75, 3.05) is 6.54 Å². The van der Waals surface area contributed by atoms with Gasteiger partial charge >= 0.3 is 5.97 Å². The van der Waals surface area contributed by atoms with Crippen molar-refractivity contribution in [1.29, 1.82) is 0 Å². The first-order chi connectivity index (χ1) is 8.58. The number of carbonyl (C=O) groups is 1. The molecule has 2 rings (SSSR count). The molecule has 0 bridgehead atoms. The minimum absolute atomic E-state index is 0.00286. The van der Waals surface area contributed by atoms with E-state index in [1.165, 1.54) is 19.1 Å². The van der Waals surface area contributed by atoms with Crippen molar-refractivity contribution >= 4 is 5.97 Å². The van der Waals surface area contributed by atoms with E-state index in [1.54, 1.807) is 0 Å². The van der Waals surface area contributed by atoms with Gasteiger partial charge in [0.25, 0.3) is 0 Å². The van der Waals surface area contributed by atoms with Crippen molar-refractivity contribution in [3.05, 3.63) is 17.8 Å². The van der Waals surface area contributed by atoms with Gasteiger partial charge in [-0.2, -0.15) is 0 Å². The summed E-state index contributed by atoms with van der Waals surface area (Å²) in [5.74, 6) is -0.501. The van der Waals surface area contributed by atoms with Crippen LogP contribution in [0.1, 0.15) is 49.5 Å². The first-order valence-corrected chi connectivity index (χ1v) is 6.51. The Morgan fingerprint density at radius 1 is 1.61 bits per heavy atom. The second-order valence-corrected chi connectivity index (χ2v) is 5.12. The van der Waals surface area contributed by atoms with Gasteiger partial charge in [0.2, 0.25) is 0 Å². The van der Waals surface area contributed by atoms with E-state index in [9.17, 15) is 4.79 Å². The first kappa shape index (κ1) is 13.1. The Kier molecular flexibility index (Phi) is 4.01. The highest BCUT2D eigenvalue weighted by molar-refractivity contribution is 5.84. The van der Waals surface area contributed by atoms with Crippen molar-refractivity contribution in [1.82, 2.24) is 9.88 Å². The number of rotatable bonds is 4. The number of oxazole rings is 1. The molecule has 0 saturated carbocycles. The van der Waals surface area contributed by atoms with Crippen molar-refractivity contribution in [3.8, 4) is 0 Å². The number of aromatic nitrogens is 1. The Hall–Kier alpha value is -1.36. The maximum atomic E-state index is 10.7. The second-order valence-electron chi connectivity index (χ2n) is 5.12. The molecule has 5 nitrogen and oxygen atoms in total. The van der Waals surface area contributed by atoms with E-state index in [2.05, 4.69) is 23.7 Å². The third-order valence-corrected chi connectivity index (χ3v) is 3.52. The van der Waals surface area contributed by atoms with E-state index < -0.39 is 5.97 Å². The lowest BCUT2D eigenvalue weighted by atomic mass is 9.98. The van der Waals surface area contributed by atoms with Crippen LogP contribution in [0.5, 0.6) is 0 Å². The minimum atomic E-state index is -1.03. The fraction of sp³-hybridized carbons (Fsp3) is 0.692. The molecular weight excluding hydrogens is 232 g/mol. The molecule has 100 valence electrons. The molecule has 5 heteroatoms. The SMILES string of the molecule is CC(C)N1CCCCC1Cc1nc(C(=O)O)co1. The average Bonchev–Trinajstić information content (AvgIpc) is 2.78. The van der Waals surface area contributed by atoms with Crippen LogP contribution in [0.4, 0.5) is 0 Å². The summed E-state index contributed by atoms with van der Waals surface area (Å²) in [5, 5.41) is 8.81. The summed E-state index contributed by atoms with van der Waals surface area (Å²) in [6.45, 7) is 5.49. The molecule has 18 heavy (non-hydrogen) atoms. The Labute approximate surface area is 107 Å². The van der Waals surface area contributed by atoms with Gasteiger partial charge in [-0.25, -0.2) is 9.78 Å². The lowest BCUT2D eigenvalue weighted by molar-refractivity contribution is 0.0690. The van der Waals surface area contributed by atoms with E-state index in [-0.39, 0.29) is 5.69 Å². The summed E-state index contributed by atoms with van der Waals surface area (Å²) in [7, 11) is 0. The molecule has 1 atom stereocenters. The van der Waals surface area contributed by atoms with E-state index in [0.29, 0.717) is 24.4 Å². The van der Waals surface area contributed by atoms with Crippen LogP contribution in [-0.2, 0) is 6.42 Å². The Morgan fingerprint density at radius 2 is 2.39 bits per heavy atom. The zero-order valence-electron chi connectivity index (χ0n) is 10.9. The van der Waals surface area contributed by atoms with Crippen molar-refractivity contribution in [2.45, 2.75) is 51.6 Å². The molecule has 1 N–H and O–H groups in total. The zero-order valence-corrected chi connectivity index (χ0v) is 10.9. The summed E-state index contributed by atoms with van der Waals surface area (Å²) in [6.07, 6.45) is 5.51. The van der Waals surface area contributed by atoms with Gasteiger partial charge in [0.05, 0.1) is 0 Å². The number of hydrogen-bond acceptors (Lipinski definition) is 4. The number of carboxylic acids is 1. The lowest BCUT2D eigenvalue weighted by Gasteiger charge is -2.38. The molecule has 1 saturated heterocycles. The first-order valence-electron chi connectivity index (χ1n) is 6.51. The lowest BCUT2D eigenvalue weighted by Crippen LogP contribution is -2.45. The highest BCUT2D eigenvalue weighted by Gasteiger charge is 2.26. The van der Waals surface area contributed by atoms with Crippen LogP contribution in [0.2, 0.25) is 0 Å². The van der Waals surface area contributed by atoms with Crippen LogP contribution in [0.15, 0.2) is 10.7 Å². The maximum absolute atomic E-state index is 10.7. The standard InChI is InChI=1S/C13H20N2O3/c1-9(2)15-6-4-3-5-10(15)7-12-14-11(8-18-12)13(16)17/h8-10H,3-7H2,1-2H3,(H,16,17). The van der Waals surface area contributed by atoms with Gasteiger partial charge in [0.15, 0.2) is 11.6 Å². The number of aromatic carboxylic acids is 1. The van der Waals surface area contributed by atoms with Crippen LogP contribution in [0.25, 0.3) is 0 Å². The molecular formula is C13H20N2O3. The topological polar surface area (TPSA) is 66.6 Å². The summed E-state index contributed by atoms with van der Waals surface area (Å²) in [6, 6.07) is 0.920. The molecule has 2 heterocycles. The Balaban J connectivity index is 2.03. The molecule has 1 unspecified atom stereocenters. The van der Waals surface area contributed by atoms with Crippen LogP contribution < -0.4 is 0 Å². The van der Waals surface area contributed by atoms with Gasteiger partial charge in [0, 0.05) is 18.5 Å². The van der Waals surface area contributed by atoms with Crippen LogP contribution >= 0.6 is 0 Å². The maximum Gasteiger partial charge on any atom is 0.357 e. The van der Waals surface area contributed by atoms with Crippen molar-refractivity contribution < 1.29 is 14.3 Å². The van der Waals surface area contributed by atoms with Crippen molar-refractivity contribution in [3.63, 3.8) is 0 Å². The number of hydrogen-bond donors (Lipinski definition) is 1. The van der Waals surface area contributed by atoms with Crippen LogP contribution in [-0.4, -0.2) is 39.6 Å². The predicted molar refractivity (Wildman–Crippen MR) is 66.6 cm³/mol. The van der Waals surface area contributed by atoms with E-state index >= 15 is 0 Å². The summed E-state index contributed by atoms with van der Waals surface area (Å²) in [5.41, 5.74) is -0.00286. The van der Waals surface area contributed by atoms with Gasteiger partial charge in [0.1, 0.15) is 6.26 Å². The van der Waals surface area contributed by atoms with Crippen LogP contribution in [0.3, 0.4) is 0 Å². The summed E-state index contributed by atoms with van der Waals surface area (Å²) >= 11 is 0. The second kappa shape index (κ2) is 5.52. The molecule has 1 aromatic heterocycles. The van der Waals surface area contributed by atoms with Crippen molar-refractivity contribution in [2.24, 2.45) is 0 Å². The Morgan fingerprint density at radius 3 is 3.00 bits per heavy atom. The van der Waals surface area contributed by atoms with E-state index in [0.717, 1.165) is 13.0 Å². The minimum Gasteiger partial charge on any atom is -0.476 e. The molecule has 0 spiro atoms. The van der Waals surface area contributed by atoms with Gasteiger partial charge in [-0.15, -0.1) is 0 Å². The fourth-order valence-electron chi connectivity index (χ4n) is 2.63. The predicted octanol–water partition coefficient (Wildman–Crippen LogP) is 2.18. The zero-order chi connectivity index (χ0) is 13.1. The Bertz CT molecular complexity index is 414. The van der Waals surface area contributed by atoms with Gasteiger partial charge < -0.3 is 9.52 Å². The third kappa shape index (κ3) is 2.90. The molecule has 1 fully saturated rings. The molecule has 1 aliphatic heterocycles. The largest absolute Gasteiger partial charge is 0.476 e. The highest BCUT2D eigenvalue weighted by Crippen LogP contribution is 2.22. The number of carboxylic acid groups (broad SMARTS) is 1. The van der Waals surface area contributed by atoms with E-state index in [1.807, 2.05) is 0 Å². The molecule has 0 aromatic carbocycles. The summed E-state index contributed by atoms with van der Waals surface area (Å²) in [4.78, 5) is 17.2. The number of likely N-dealkylation sites (tertiary alicyclic amines) is 1. The van der Waals surface area contributed by atoms with Crippen LogP contribution in [0, 0.1) is 0 Å². The number of nitrogens with zero attached hydrogens (tertiary/aromatic N) is 2. The average molecular weight is 252 g/mol. The van der Waals surface area contributed by atoms with Gasteiger partial charge in [-0.1, -0.05) is 6.42 Å². The molecule has 0 amide bonds. The monoisotopic (exact) mass is 252 g/mol. The normalized spacial score (nSPS) is 21.4.